The number of hydrogen-bond donors (Lipinski definition) is 2. The van der Waals surface area contributed by atoms with Crippen LogP contribution in [0, 0.1) is 5.82 Å². The van der Waals surface area contributed by atoms with E-state index in [1.54, 1.807) is 12.3 Å². The summed E-state index contributed by atoms with van der Waals surface area (Å²) in [6.45, 7) is 1.09. The fourth-order valence-corrected chi connectivity index (χ4v) is 3.21. The summed E-state index contributed by atoms with van der Waals surface area (Å²) >= 11 is 6.02. The number of rotatable bonds is 6. The molecule has 1 atom stereocenters. The first-order chi connectivity index (χ1) is 13.1. The SMILES string of the molecule is COC(C=O)N1CC(Nc2nc(-c3c[nH]c4ncc(Cl)cc34)ncc2F)C1. The van der Waals surface area contributed by atoms with Crippen LogP contribution < -0.4 is 5.32 Å². The zero-order valence-corrected chi connectivity index (χ0v) is 15.1. The number of aromatic nitrogens is 4. The molecule has 1 unspecified atom stereocenters. The van der Waals surface area contributed by atoms with Crippen molar-refractivity contribution in [1.29, 1.82) is 0 Å². The van der Waals surface area contributed by atoms with Gasteiger partial charge in [-0.2, -0.15) is 0 Å². The van der Waals surface area contributed by atoms with E-state index in [2.05, 4.69) is 25.3 Å². The predicted octanol–water partition coefficient (Wildman–Crippen LogP) is 2.08. The third-order valence-corrected chi connectivity index (χ3v) is 4.66. The quantitative estimate of drug-likeness (QED) is 0.622. The smallest absolute Gasteiger partial charge is 0.183 e. The van der Waals surface area contributed by atoms with Crippen LogP contribution in [-0.4, -0.2) is 63.6 Å². The Bertz CT molecular complexity index is 991. The van der Waals surface area contributed by atoms with Crippen molar-refractivity contribution in [2.24, 2.45) is 0 Å². The summed E-state index contributed by atoms with van der Waals surface area (Å²) in [4.78, 5) is 28.4. The molecule has 8 nitrogen and oxygen atoms in total. The first kappa shape index (κ1) is 17.8. The van der Waals surface area contributed by atoms with E-state index in [1.807, 2.05) is 4.90 Å². The topological polar surface area (TPSA) is 96.0 Å². The second-order valence-corrected chi connectivity index (χ2v) is 6.64. The fraction of sp³-hybridized carbons (Fsp3) is 0.294. The van der Waals surface area contributed by atoms with E-state index >= 15 is 0 Å². The standard InChI is InChI=1S/C17H16ClFN6O2/c1-27-14(8-26)25-6-10(7-25)23-17-13(19)5-22-16(24-17)12-4-21-15-11(12)2-9(18)3-20-15/h2-5,8,10,14H,6-7H2,1H3,(H,20,21)(H,22,23,24). The van der Waals surface area contributed by atoms with Gasteiger partial charge in [-0.3, -0.25) is 9.69 Å². The van der Waals surface area contributed by atoms with Gasteiger partial charge in [0.1, 0.15) is 5.65 Å². The number of aromatic amines is 1. The average molecular weight is 391 g/mol. The van der Waals surface area contributed by atoms with Gasteiger partial charge in [0.15, 0.2) is 30.0 Å². The molecular formula is C17H16ClFN6O2. The van der Waals surface area contributed by atoms with Crippen LogP contribution in [0.5, 0.6) is 0 Å². The first-order valence-corrected chi connectivity index (χ1v) is 8.61. The second-order valence-electron chi connectivity index (χ2n) is 6.20. The Kier molecular flexibility index (Phi) is 4.73. The largest absolute Gasteiger partial charge is 0.362 e. The number of carbonyl (C=O) groups excluding carboxylic acids is 1. The molecule has 3 aromatic rings. The normalized spacial score (nSPS) is 16.3. The molecule has 1 saturated heterocycles. The Balaban J connectivity index is 1.55. The van der Waals surface area contributed by atoms with E-state index < -0.39 is 12.0 Å². The van der Waals surface area contributed by atoms with Gasteiger partial charge in [0.05, 0.1) is 17.3 Å². The zero-order valence-electron chi connectivity index (χ0n) is 14.3. The van der Waals surface area contributed by atoms with Crippen molar-refractivity contribution in [2.45, 2.75) is 12.3 Å². The van der Waals surface area contributed by atoms with Crippen LogP contribution in [0.15, 0.2) is 24.7 Å². The Labute approximate surface area is 158 Å². The molecule has 0 radical (unpaired) electrons. The van der Waals surface area contributed by atoms with Crippen molar-refractivity contribution >= 4 is 34.7 Å². The van der Waals surface area contributed by atoms with Crippen molar-refractivity contribution in [3.63, 3.8) is 0 Å². The summed E-state index contributed by atoms with van der Waals surface area (Å²) in [5.74, 6) is -0.0889. The highest BCUT2D eigenvalue weighted by molar-refractivity contribution is 6.31. The highest BCUT2D eigenvalue weighted by Crippen LogP contribution is 2.28. The number of pyridine rings is 1. The molecule has 4 rings (SSSR count). The summed E-state index contributed by atoms with van der Waals surface area (Å²) in [5.41, 5.74) is 1.32. The van der Waals surface area contributed by atoms with Crippen LogP contribution in [0.3, 0.4) is 0 Å². The van der Waals surface area contributed by atoms with Gasteiger partial charge in [-0.05, 0) is 6.07 Å². The van der Waals surface area contributed by atoms with Crippen molar-refractivity contribution in [3.8, 4) is 11.4 Å². The molecule has 1 aliphatic rings. The van der Waals surface area contributed by atoms with E-state index in [1.165, 1.54) is 13.3 Å². The van der Waals surface area contributed by atoms with Gasteiger partial charge in [0.25, 0.3) is 0 Å². The Hall–Kier alpha value is -2.62. The van der Waals surface area contributed by atoms with Crippen LogP contribution in [-0.2, 0) is 9.53 Å². The molecule has 0 bridgehead atoms. The molecule has 2 N–H and O–H groups in total. The highest BCUT2D eigenvalue weighted by atomic mass is 35.5. The lowest BCUT2D eigenvalue weighted by Gasteiger charge is -2.41. The zero-order chi connectivity index (χ0) is 19.0. The van der Waals surface area contributed by atoms with E-state index in [0.717, 1.165) is 17.9 Å². The van der Waals surface area contributed by atoms with Gasteiger partial charge in [-0.15, -0.1) is 0 Å². The van der Waals surface area contributed by atoms with Crippen LogP contribution in [0.25, 0.3) is 22.4 Å². The number of hydrogen-bond acceptors (Lipinski definition) is 7. The van der Waals surface area contributed by atoms with Gasteiger partial charge in [0.2, 0.25) is 0 Å². The molecule has 0 aromatic carbocycles. The number of H-pyrrole nitrogens is 1. The molecule has 140 valence electrons. The van der Waals surface area contributed by atoms with Crippen LogP contribution >= 0.6 is 11.6 Å². The lowest BCUT2D eigenvalue weighted by Crippen LogP contribution is -2.59. The number of nitrogens with one attached hydrogen (secondary N) is 2. The molecule has 1 fully saturated rings. The molecule has 10 heteroatoms. The molecule has 4 heterocycles. The summed E-state index contributed by atoms with van der Waals surface area (Å²) < 4.78 is 19.2. The van der Waals surface area contributed by atoms with Gasteiger partial charge in [0, 0.05) is 43.5 Å². The number of fused-ring (bicyclic) bond motifs is 1. The number of aldehydes is 1. The molecular weight excluding hydrogens is 375 g/mol. The number of ether oxygens (including phenoxy) is 1. The number of methoxy groups -OCH3 is 1. The first-order valence-electron chi connectivity index (χ1n) is 8.23. The third kappa shape index (κ3) is 3.36. The van der Waals surface area contributed by atoms with Gasteiger partial charge in [-0.25, -0.2) is 19.3 Å². The monoisotopic (exact) mass is 390 g/mol. The lowest BCUT2D eigenvalue weighted by atomic mass is 10.1. The maximum absolute atomic E-state index is 14.2. The highest BCUT2D eigenvalue weighted by Gasteiger charge is 2.33. The van der Waals surface area contributed by atoms with Gasteiger partial charge < -0.3 is 15.0 Å². The van der Waals surface area contributed by atoms with Crippen molar-refractivity contribution < 1.29 is 13.9 Å². The molecule has 3 aromatic heterocycles. The van der Waals surface area contributed by atoms with Crippen LogP contribution in [0.1, 0.15) is 0 Å². The van der Waals surface area contributed by atoms with Crippen molar-refractivity contribution in [3.05, 3.63) is 35.5 Å². The second kappa shape index (κ2) is 7.18. The minimum Gasteiger partial charge on any atom is -0.362 e. The molecule has 0 aliphatic carbocycles. The average Bonchev–Trinajstić information content (AvgIpc) is 3.05. The Morgan fingerprint density at radius 3 is 3.00 bits per heavy atom. The van der Waals surface area contributed by atoms with Gasteiger partial charge >= 0.3 is 0 Å². The minimum atomic E-state index is -0.586. The summed E-state index contributed by atoms with van der Waals surface area (Å²) in [7, 11) is 1.47. The summed E-state index contributed by atoms with van der Waals surface area (Å²) in [6, 6.07) is 1.71. The van der Waals surface area contributed by atoms with E-state index in [-0.39, 0.29) is 11.9 Å². The predicted molar refractivity (Wildman–Crippen MR) is 97.9 cm³/mol. The summed E-state index contributed by atoms with van der Waals surface area (Å²) in [6.07, 6.45) is 4.52. The Morgan fingerprint density at radius 1 is 1.44 bits per heavy atom. The minimum absolute atomic E-state index is 0.0427. The maximum atomic E-state index is 14.2. The van der Waals surface area contributed by atoms with E-state index in [4.69, 9.17) is 16.3 Å². The third-order valence-electron chi connectivity index (χ3n) is 4.45. The number of nitrogens with zero attached hydrogens (tertiary/aromatic N) is 4. The van der Waals surface area contributed by atoms with Crippen molar-refractivity contribution in [1.82, 2.24) is 24.8 Å². The lowest BCUT2D eigenvalue weighted by molar-refractivity contribution is -0.132. The molecule has 0 saturated carbocycles. The number of anilines is 1. The van der Waals surface area contributed by atoms with Crippen molar-refractivity contribution in [2.75, 3.05) is 25.5 Å². The number of likely N-dealkylation sites (tertiary alicyclic amines) is 1. The molecule has 27 heavy (non-hydrogen) atoms. The molecule has 0 spiro atoms. The van der Waals surface area contributed by atoms with E-state index in [9.17, 15) is 9.18 Å². The Morgan fingerprint density at radius 2 is 2.26 bits per heavy atom. The van der Waals surface area contributed by atoms with Gasteiger partial charge in [-0.1, -0.05) is 11.6 Å². The maximum Gasteiger partial charge on any atom is 0.183 e. The van der Waals surface area contributed by atoms with Crippen LogP contribution in [0.2, 0.25) is 5.02 Å². The summed E-state index contributed by atoms with van der Waals surface area (Å²) in [5, 5.41) is 4.29. The fourth-order valence-electron chi connectivity index (χ4n) is 3.06. The number of halogens is 2. The molecule has 0 amide bonds. The van der Waals surface area contributed by atoms with Crippen LogP contribution in [0.4, 0.5) is 10.2 Å². The molecule has 1 aliphatic heterocycles. The van der Waals surface area contributed by atoms with E-state index in [0.29, 0.717) is 35.1 Å². The number of carbonyl (C=O) groups is 1.